The highest BCUT2D eigenvalue weighted by Crippen LogP contribution is 2.22. The van der Waals surface area contributed by atoms with Crippen molar-refractivity contribution in [2.24, 2.45) is 0 Å². The van der Waals surface area contributed by atoms with Crippen LogP contribution in [0.1, 0.15) is 54.4 Å². The number of hydrogen-bond acceptors (Lipinski definition) is 3. The summed E-state index contributed by atoms with van der Waals surface area (Å²) in [5, 5.41) is 3.30. The number of ether oxygens (including phenoxy) is 1. The highest BCUT2D eigenvalue weighted by atomic mass is 16.5. The molecule has 4 rings (SSSR count). The van der Waals surface area contributed by atoms with E-state index in [9.17, 15) is 9.59 Å². The van der Waals surface area contributed by atoms with Gasteiger partial charge in [0.1, 0.15) is 11.8 Å². The van der Waals surface area contributed by atoms with E-state index in [1.807, 2.05) is 85.8 Å². The molecule has 3 aromatic carbocycles. The first-order chi connectivity index (χ1) is 18.0. The van der Waals surface area contributed by atoms with E-state index in [1.165, 1.54) is 6.42 Å². The molecular weight excluding hydrogens is 460 g/mol. The third-order valence-corrected chi connectivity index (χ3v) is 7.31. The Bertz CT molecular complexity index is 1170. The first-order valence-corrected chi connectivity index (χ1v) is 13.3. The number of hydrogen-bond donors (Lipinski definition) is 1. The summed E-state index contributed by atoms with van der Waals surface area (Å²) in [7, 11) is 1.63. The quantitative estimate of drug-likeness (QED) is 0.394. The van der Waals surface area contributed by atoms with Gasteiger partial charge in [-0.05, 0) is 54.2 Å². The number of amides is 2. The first kappa shape index (κ1) is 26.5. The maximum atomic E-state index is 14.0. The molecule has 0 aliphatic heterocycles. The van der Waals surface area contributed by atoms with Crippen molar-refractivity contribution in [2.45, 2.75) is 70.5 Å². The minimum absolute atomic E-state index is 0.0585. The number of nitrogens with zero attached hydrogens (tertiary/aromatic N) is 1. The number of methoxy groups -OCH3 is 1. The van der Waals surface area contributed by atoms with E-state index in [2.05, 4.69) is 5.32 Å². The van der Waals surface area contributed by atoms with Crippen LogP contribution in [0.3, 0.4) is 0 Å². The molecule has 37 heavy (non-hydrogen) atoms. The molecule has 3 aromatic rings. The van der Waals surface area contributed by atoms with Crippen molar-refractivity contribution in [3.8, 4) is 5.75 Å². The molecule has 0 unspecified atom stereocenters. The molecule has 1 aliphatic carbocycles. The van der Waals surface area contributed by atoms with Gasteiger partial charge in [0.05, 0.1) is 13.5 Å². The average molecular weight is 499 g/mol. The lowest BCUT2D eigenvalue weighted by molar-refractivity contribution is -0.141. The van der Waals surface area contributed by atoms with Gasteiger partial charge in [0, 0.05) is 19.0 Å². The fourth-order valence-corrected chi connectivity index (χ4v) is 5.14. The molecule has 1 saturated carbocycles. The van der Waals surface area contributed by atoms with Crippen molar-refractivity contribution in [1.29, 1.82) is 0 Å². The van der Waals surface area contributed by atoms with Gasteiger partial charge < -0.3 is 15.0 Å². The predicted molar refractivity (Wildman–Crippen MR) is 147 cm³/mol. The molecule has 0 aromatic heterocycles. The summed E-state index contributed by atoms with van der Waals surface area (Å²) in [6.07, 6.45) is 6.19. The largest absolute Gasteiger partial charge is 0.497 e. The normalized spacial score (nSPS) is 14.5. The minimum Gasteiger partial charge on any atom is -0.497 e. The van der Waals surface area contributed by atoms with Gasteiger partial charge in [-0.1, -0.05) is 86.0 Å². The maximum absolute atomic E-state index is 14.0. The van der Waals surface area contributed by atoms with Crippen LogP contribution in [0.2, 0.25) is 0 Å². The van der Waals surface area contributed by atoms with Crippen LogP contribution in [0, 0.1) is 6.92 Å². The number of carbonyl (C=O) groups excluding carboxylic acids is 2. The Kier molecular flexibility index (Phi) is 9.36. The zero-order valence-corrected chi connectivity index (χ0v) is 22.0. The summed E-state index contributed by atoms with van der Waals surface area (Å²) in [5.74, 6) is 0.601. The molecule has 5 nitrogen and oxygen atoms in total. The Morgan fingerprint density at radius 1 is 0.919 bits per heavy atom. The van der Waals surface area contributed by atoms with E-state index in [0.717, 1.165) is 53.7 Å². The monoisotopic (exact) mass is 498 g/mol. The molecule has 0 saturated heterocycles. The lowest BCUT2D eigenvalue weighted by Crippen LogP contribution is -2.53. The molecule has 0 bridgehead atoms. The molecule has 5 heteroatoms. The van der Waals surface area contributed by atoms with Gasteiger partial charge in [0.15, 0.2) is 0 Å². The van der Waals surface area contributed by atoms with Crippen LogP contribution in [0.15, 0.2) is 78.9 Å². The minimum atomic E-state index is -0.618. The van der Waals surface area contributed by atoms with Gasteiger partial charge in [0.25, 0.3) is 0 Å². The summed E-state index contributed by atoms with van der Waals surface area (Å²) in [4.78, 5) is 29.6. The molecule has 0 spiro atoms. The molecule has 1 aliphatic rings. The predicted octanol–water partition coefficient (Wildman–Crippen LogP) is 5.64. The third-order valence-electron chi connectivity index (χ3n) is 7.31. The van der Waals surface area contributed by atoms with Crippen molar-refractivity contribution in [3.63, 3.8) is 0 Å². The van der Waals surface area contributed by atoms with Crippen molar-refractivity contribution < 1.29 is 14.3 Å². The molecule has 1 N–H and O–H groups in total. The lowest BCUT2D eigenvalue weighted by atomic mass is 9.94. The van der Waals surface area contributed by atoms with Gasteiger partial charge in [-0.2, -0.15) is 0 Å². The van der Waals surface area contributed by atoms with Crippen molar-refractivity contribution >= 4 is 11.8 Å². The Morgan fingerprint density at radius 3 is 2.35 bits per heavy atom. The molecular formula is C32H38N2O3. The van der Waals surface area contributed by atoms with E-state index in [1.54, 1.807) is 12.0 Å². The van der Waals surface area contributed by atoms with Crippen LogP contribution < -0.4 is 10.1 Å². The molecule has 1 fully saturated rings. The molecule has 2 amide bonds. The zero-order valence-electron chi connectivity index (χ0n) is 22.0. The Morgan fingerprint density at radius 2 is 1.62 bits per heavy atom. The Balaban J connectivity index is 1.67. The summed E-state index contributed by atoms with van der Waals surface area (Å²) >= 11 is 0. The number of nitrogens with one attached hydrogen (secondary N) is 1. The van der Waals surface area contributed by atoms with Gasteiger partial charge in [-0.15, -0.1) is 0 Å². The van der Waals surface area contributed by atoms with Crippen LogP contribution in [0.25, 0.3) is 0 Å². The van der Waals surface area contributed by atoms with E-state index >= 15 is 0 Å². The number of carbonyl (C=O) groups is 2. The molecule has 0 heterocycles. The van der Waals surface area contributed by atoms with Crippen LogP contribution in [-0.4, -0.2) is 35.9 Å². The third kappa shape index (κ3) is 7.45. The molecule has 0 radical (unpaired) electrons. The van der Waals surface area contributed by atoms with Crippen LogP contribution >= 0.6 is 0 Å². The van der Waals surface area contributed by atoms with E-state index in [4.69, 9.17) is 4.74 Å². The van der Waals surface area contributed by atoms with Gasteiger partial charge >= 0.3 is 0 Å². The molecule has 1 atom stereocenters. The van der Waals surface area contributed by atoms with E-state index in [0.29, 0.717) is 13.0 Å². The number of benzene rings is 3. The molecule has 194 valence electrons. The number of rotatable bonds is 10. The highest BCUT2D eigenvalue weighted by Gasteiger charge is 2.32. The Hall–Kier alpha value is -3.60. The standard InChI is InChI=1S/C32H38N2O3/c1-24-12-9-10-16-27(24)22-31(35)34(23-26-15-11-19-29(20-26)37-2)30(21-25-13-5-3-6-14-25)32(36)33-28-17-7-4-8-18-28/h3,5-6,9-16,19-20,28,30H,4,7-8,17-18,21-23H2,1-2H3,(H,33,36)/t30-/m0/s1. The zero-order chi connectivity index (χ0) is 26.0. The van der Waals surface area contributed by atoms with Crippen molar-refractivity contribution in [3.05, 3.63) is 101 Å². The second-order valence-electron chi connectivity index (χ2n) is 10.0. The Labute approximate surface area is 220 Å². The van der Waals surface area contributed by atoms with Gasteiger partial charge in [-0.25, -0.2) is 0 Å². The van der Waals surface area contributed by atoms with E-state index in [-0.39, 0.29) is 24.3 Å². The second kappa shape index (κ2) is 13.1. The summed E-state index contributed by atoms with van der Waals surface area (Å²) < 4.78 is 5.43. The van der Waals surface area contributed by atoms with Gasteiger partial charge in [-0.3, -0.25) is 9.59 Å². The summed E-state index contributed by atoms with van der Waals surface area (Å²) in [6.45, 7) is 2.35. The van der Waals surface area contributed by atoms with Crippen LogP contribution in [-0.2, 0) is 29.0 Å². The SMILES string of the molecule is COc1cccc(CN(C(=O)Cc2ccccc2C)[C@@H](Cc2ccccc2)C(=O)NC2CCCCC2)c1. The smallest absolute Gasteiger partial charge is 0.243 e. The topological polar surface area (TPSA) is 58.6 Å². The first-order valence-electron chi connectivity index (χ1n) is 13.3. The van der Waals surface area contributed by atoms with Crippen molar-refractivity contribution in [2.75, 3.05) is 7.11 Å². The van der Waals surface area contributed by atoms with Crippen LogP contribution in [0.4, 0.5) is 0 Å². The summed E-state index contributed by atoms with van der Waals surface area (Å²) in [6, 6.07) is 25.2. The van der Waals surface area contributed by atoms with Crippen molar-refractivity contribution in [1.82, 2.24) is 10.2 Å². The second-order valence-corrected chi connectivity index (χ2v) is 10.0. The highest BCUT2D eigenvalue weighted by molar-refractivity contribution is 5.89. The average Bonchev–Trinajstić information content (AvgIpc) is 2.93. The van der Waals surface area contributed by atoms with Crippen LogP contribution in [0.5, 0.6) is 5.75 Å². The van der Waals surface area contributed by atoms with Gasteiger partial charge in [0.2, 0.25) is 11.8 Å². The fourth-order valence-electron chi connectivity index (χ4n) is 5.14. The number of aryl methyl sites for hydroxylation is 1. The fraction of sp³-hybridized carbons (Fsp3) is 0.375. The lowest BCUT2D eigenvalue weighted by Gasteiger charge is -2.33. The van der Waals surface area contributed by atoms with E-state index < -0.39 is 6.04 Å². The summed E-state index contributed by atoms with van der Waals surface area (Å²) in [5.41, 5.74) is 4.02. The maximum Gasteiger partial charge on any atom is 0.243 e.